The lowest BCUT2D eigenvalue weighted by Gasteiger charge is -2.38. The van der Waals surface area contributed by atoms with Crippen LogP contribution in [0, 0.1) is 0 Å². The molecule has 1 atom stereocenters. The van der Waals surface area contributed by atoms with Crippen molar-refractivity contribution in [3.63, 3.8) is 0 Å². The molecule has 1 aliphatic rings. The van der Waals surface area contributed by atoms with E-state index in [4.69, 9.17) is 5.73 Å². The second-order valence-electron chi connectivity index (χ2n) is 4.53. The van der Waals surface area contributed by atoms with E-state index >= 15 is 0 Å². The fourth-order valence-corrected chi connectivity index (χ4v) is 2.04. The number of nitrogens with one attached hydrogen (secondary N) is 2. The van der Waals surface area contributed by atoms with Gasteiger partial charge in [-0.05, 0) is 14.0 Å². The highest BCUT2D eigenvalue weighted by Gasteiger charge is 2.25. The molecule has 1 fully saturated rings. The van der Waals surface area contributed by atoms with Gasteiger partial charge in [-0.15, -0.1) is 0 Å². The number of nitrogens with two attached hydrogens (primary N) is 1. The van der Waals surface area contributed by atoms with E-state index in [1.807, 2.05) is 11.9 Å². The lowest BCUT2D eigenvalue weighted by Crippen LogP contribution is -2.57. The van der Waals surface area contributed by atoms with E-state index < -0.39 is 6.03 Å². The molecule has 0 aliphatic carbocycles. The van der Waals surface area contributed by atoms with Gasteiger partial charge in [0.15, 0.2) is 0 Å². The number of rotatable bonds is 4. The number of hydrogen-bond donors (Lipinski definition) is 3. The first-order chi connectivity index (χ1) is 8.56. The van der Waals surface area contributed by atoms with Gasteiger partial charge in [-0.3, -0.25) is 15.0 Å². The summed E-state index contributed by atoms with van der Waals surface area (Å²) in [6.07, 6.45) is 0. The Kier molecular flexibility index (Phi) is 6.03. The molecule has 0 saturated carbocycles. The van der Waals surface area contributed by atoms with E-state index in [9.17, 15) is 9.59 Å². The monoisotopic (exact) mass is 257 g/mol. The summed E-state index contributed by atoms with van der Waals surface area (Å²) in [5.41, 5.74) is 5.70. The summed E-state index contributed by atoms with van der Waals surface area (Å²) >= 11 is 0. The van der Waals surface area contributed by atoms with Crippen LogP contribution < -0.4 is 16.4 Å². The van der Waals surface area contributed by atoms with E-state index in [2.05, 4.69) is 15.5 Å². The fourth-order valence-electron chi connectivity index (χ4n) is 2.04. The number of imide groups is 1. The van der Waals surface area contributed by atoms with Crippen LogP contribution in [0.15, 0.2) is 0 Å². The average molecular weight is 257 g/mol. The smallest absolute Gasteiger partial charge is 0.321 e. The average Bonchev–Trinajstić information content (AvgIpc) is 2.31. The minimum atomic E-state index is -0.444. The molecule has 0 aromatic carbocycles. The maximum atomic E-state index is 11.7. The summed E-state index contributed by atoms with van der Waals surface area (Å²) < 4.78 is 0. The number of carbonyl (C=O) groups excluding carboxylic acids is 2. The Bertz CT molecular complexity index is 297. The number of carbonyl (C=O) groups is 2. The largest absolute Gasteiger partial charge is 0.338 e. The summed E-state index contributed by atoms with van der Waals surface area (Å²) in [7, 11) is 2.04. The number of piperazine rings is 1. The summed E-state index contributed by atoms with van der Waals surface area (Å²) in [6, 6.07) is -0.273. The number of likely N-dealkylation sites (N-methyl/N-ethyl adjacent to an activating group) is 1. The molecule has 1 aliphatic heterocycles. The maximum Gasteiger partial charge on any atom is 0.321 e. The second-order valence-corrected chi connectivity index (χ2v) is 4.53. The molecule has 104 valence electrons. The summed E-state index contributed by atoms with van der Waals surface area (Å²) in [6.45, 7) is 5.58. The second kappa shape index (κ2) is 7.30. The van der Waals surface area contributed by atoms with Crippen molar-refractivity contribution in [1.82, 2.24) is 20.4 Å². The molecule has 3 amide bonds. The van der Waals surface area contributed by atoms with Crippen LogP contribution in [0.25, 0.3) is 0 Å². The third-order valence-corrected chi connectivity index (χ3v) is 3.02. The number of nitrogens with zero attached hydrogens (tertiary/aromatic N) is 2. The Morgan fingerprint density at radius 1 is 1.39 bits per heavy atom. The van der Waals surface area contributed by atoms with Gasteiger partial charge < -0.3 is 16.0 Å². The topological polar surface area (TPSA) is 90.7 Å². The summed E-state index contributed by atoms with van der Waals surface area (Å²) in [4.78, 5) is 27.1. The van der Waals surface area contributed by atoms with Crippen LogP contribution >= 0.6 is 0 Å². The lowest BCUT2D eigenvalue weighted by atomic mass is 10.1. The summed E-state index contributed by atoms with van der Waals surface area (Å²) in [5.74, 6) is -0.288. The van der Waals surface area contributed by atoms with Crippen LogP contribution in [0.5, 0.6) is 0 Å². The molecule has 7 heteroatoms. The Morgan fingerprint density at radius 3 is 2.72 bits per heavy atom. The molecule has 0 aromatic rings. The van der Waals surface area contributed by atoms with Crippen molar-refractivity contribution in [2.45, 2.75) is 13.0 Å². The van der Waals surface area contributed by atoms with Crippen LogP contribution in [-0.2, 0) is 4.79 Å². The molecule has 1 saturated heterocycles. The highest BCUT2D eigenvalue weighted by molar-refractivity contribution is 5.95. The summed E-state index contributed by atoms with van der Waals surface area (Å²) in [5, 5.41) is 4.82. The molecule has 7 nitrogen and oxygen atoms in total. The lowest BCUT2D eigenvalue weighted by molar-refractivity contribution is -0.122. The van der Waals surface area contributed by atoms with Crippen molar-refractivity contribution in [1.29, 1.82) is 0 Å². The standard InChI is InChI=1S/C11H23N5O2/c1-3-13-11(18)14-10(17)8-16-5-4-15(2)7-9(16)6-12/h9H,3-8,12H2,1-2H3,(H2,13,14,17,18). The van der Waals surface area contributed by atoms with Crippen molar-refractivity contribution in [2.24, 2.45) is 5.73 Å². The van der Waals surface area contributed by atoms with Crippen LogP contribution in [0.3, 0.4) is 0 Å². The van der Waals surface area contributed by atoms with E-state index in [1.165, 1.54) is 0 Å². The maximum absolute atomic E-state index is 11.7. The Hall–Kier alpha value is -1.18. The molecule has 0 spiro atoms. The fraction of sp³-hybridized carbons (Fsp3) is 0.818. The Balaban J connectivity index is 2.40. The molecular formula is C11H23N5O2. The highest BCUT2D eigenvalue weighted by atomic mass is 16.2. The normalized spacial score (nSPS) is 21.6. The van der Waals surface area contributed by atoms with Gasteiger partial charge in [0.25, 0.3) is 0 Å². The molecule has 1 unspecified atom stereocenters. The van der Waals surface area contributed by atoms with Crippen molar-refractivity contribution in [3.05, 3.63) is 0 Å². The molecule has 4 N–H and O–H groups in total. The predicted molar refractivity (Wildman–Crippen MR) is 69.1 cm³/mol. The zero-order valence-electron chi connectivity index (χ0n) is 11.1. The first-order valence-corrected chi connectivity index (χ1v) is 6.27. The van der Waals surface area contributed by atoms with Gasteiger partial charge in [-0.25, -0.2) is 4.79 Å². The van der Waals surface area contributed by atoms with Gasteiger partial charge >= 0.3 is 6.03 Å². The first kappa shape index (κ1) is 14.9. The van der Waals surface area contributed by atoms with Crippen LogP contribution in [0.1, 0.15) is 6.92 Å². The van der Waals surface area contributed by atoms with Gasteiger partial charge in [0.05, 0.1) is 6.54 Å². The van der Waals surface area contributed by atoms with Crippen molar-refractivity contribution < 1.29 is 9.59 Å². The van der Waals surface area contributed by atoms with Gasteiger partial charge in [-0.2, -0.15) is 0 Å². The third-order valence-electron chi connectivity index (χ3n) is 3.02. The number of hydrogen-bond acceptors (Lipinski definition) is 5. The minimum Gasteiger partial charge on any atom is -0.338 e. The van der Waals surface area contributed by atoms with Crippen LogP contribution in [0.4, 0.5) is 4.79 Å². The van der Waals surface area contributed by atoms with Gasteiger partial charge in [-0.1, -0.05) is 0 Å². The zero-order valence-corrected chi connectivity index (χ0v) is 11.1. The van der Waals surface area contributed by atoms with E-state index in [1.54, 1.807) is 6.92 Å². The Labute approximate surface area is 108 Å². The Morgan fingerprint density at radius 2 is 2.11 bits per heavy atom. The van der Waals surface area contributed by atoms with E-state index in [-0.39, 0.29) is 18.5 Å². The van der Waals surface area contributed by atoms with Gasteiger partial charge in [0, 0.05) is 38.8 Å². The van der Waals surface area contributed by atoms with Crippen LogP contribution in [-0.4, -0.2) is 74.1 Å². The third kappa shape index (κ3) is 4.59. The molecule has 0 radical (unpaired) electrons. The molecule has 18 heavy (non-hydrogen) atoms. The number of urea groups is 1. The molecular weight excluding hydrogens is 234 g/mol. The first-order valence-electron chi connectivity index (χ1n) is 6.27. The molecule has 1 heterocycles. The minimum absolute atomic E-state index is 0.170. The SMILES string of the molecule is CCNC(=O)NC(=O)CN1CCN(C)CC1CN. The zero-order chi connectivity index (χ0) is 13.5. The van der Waals surface area contributed by atoms with E-state index in [0.717, 1.165) is 19.6 Å². The van der Waals surface area contributed by atoms with Crippen molar-refractivity contribution >= 4 is 11.9 Å². The van der Waals surface area contributed by atoms with E-state index in [0.29, 0.717) is 13.1 Å². The van der Waals surface area contributed by atoms with Crippen molar-refractivity contribution in [2.75, 3.05) is 46.3 Å². The van der Waals surface area contributed by atoms with Crippen LogP contribution in [0.2, 0.25) is 0 Å². The van der Waals surface area contributed by atoms with Crippen molar-refractivity contribution in [3.8, 4) is 0 Å². The highest BCUT2D eigenvalue weighted by Crippen LogP contribution is 2.06. The molecule has 1 rings (SSSR count). The van der Waals surface area contributed by atoms with Gasteiger partial charge in [0.1, 0.15) is 0 Å². The molecule has 0 aromatic heterocycles. The predicted octanol–water partition coefficient (Wildman–Crippen LogP) is -1.59. The molecule has 0 bridgehead atoms. The van der Waals surface area contributed by atoms with Gasteiger partial charge in [0.2, 0.25) is 5.91 Å². The quantitative estimate of drug-likeness (QED) is 0.565. The number of amides is 3.